The third-order valence-electron chi connectivity index (χ3n) is 3.52. The first-order valence-electron chi connectivity index (χ1n) is 7.42. The topological polar surface area (TPSA) is 12.0 Å². The minimum atomic E-state index is 0.546. The molecular formula is C18H25NS. The van der Waals surface area contributed by atoms with Crippen molar-refractivity contribution < 1.29 is 0 Å². The van der Waals surface area contributed by atoms with Crippen LogP contribution < -0.4 is 5.32 Å². The fourth-order valence-corrected chi connectivity index (χ4v) is 3.60. The predicted molar refractivity (Wildman–Crippen MR) is 92.7 cm³/mol. The molecule has 0 aliphatic heterocycles. The van der Waals surface area contributed by atoms with Crippen LogP contribution in [0.25, 0.3) is 10.8 Å². The normalized spacial score (nSPS) is 13.0. The first-order chi connectivity index (χ1) is 9.70. The Morgan fingerprint density at radius 1 is 1.00 bits per heavy atom. The summed E-state index contributed by atoms with van der Waals surface area (Å²) in [6.07, 6.45) is 1.10. The van der Waals surface area contributed by atoms with Crippen molar-refractivity contribution >= 4 is 22.5 Å². The molecule has 1 unspecified atom stereocenters. The van der Waals surface area contributed by atoms with Gasteiger partial charge < -0.3 is 5.32 Å². The van der Waals surface area contributed by atoms with Gasteiger partial charge in [0.2, 0.25) is 0 Å². The zero-order valence-electron chi connectivity index (χ0n) is 12.7. The molecule has 0 bridgehead atoms. The predicted octanol–water partition coefficient (Wildman–Crippen LogP) is 4.36. The van der Waals surface area contributed by atoms with E-state index in [0.717, 1.165) is 12.3 Å². The molecule has 0 aliphatic carbocycles. The van der Waals surface area contributed by atoms with Gasteiger partial charge in [0.05, 0.1) is 0 Å². The van der Waals surface area contributed by atoms with Crippen LogP contribution in [0.1, 0.15) is 19.4 Å². The van der Waals surface area contributed by atoms with E-state index in [2.05, 4.69) is 80.4 Å². The maximum Gasteiger partial charge on any atom is 0.0195 e. The first-order valence-corrected chi connectivity index (χ1v) is 8.58. The number of fused-ring (bicyclic) bond motifs is 1. The smallest absolute Gasteiger partial charge is 0.0195 e. The van der Waals surface area contributed by atoms with Crippen molar-refractivity contribution in [2.75, 3.05) is 18.6 Å². The van der Waals surface area contributed by atoms with Crippen molar-refractivity contribution in [3.8, 4) is 0 Å². The number of benzene rings is 2. The van der Waals surface area contributed by atoms with Gasteiger partial charge in [0.15, 0.2) is 0 Å². The molecule has 2 aromatic rings. The lowest BCUT2D eigenvalue weighted by Gasteiger charge is -2.17. The largest absolute Gasteiger partial charge is 0.316 e. The average Bonchev–Trinajstić information content (AvgIpc) is 2.46. The van der Waals surface area contributed by atoms with Crippen LogP contribution in [0.4, 0.5) is 0 Å². The van der Waals surface area contributed by atoms with Gasteiger partial charge in [0.1, 0.15) is 0 Å². The van der Waals surface area contributed by atoms with Gasteiger partial charge in [-0.15, -0.1) is 0 Å². The highest BCUT2D eigenvalue weighted by Gasteiger charge is 2.10. The van der Waals surface area contributed by atoms with Crippen LogP contribution in [-0.4, -0.2) is 24.6 Å². The lowest BCUT2D eigenvalue weighted by Crippen LogP contribution is -2.30. The molecule has 0 radical (unpaired) electrons. The number of thioether (sulfide) groups is 1. The van der Waals surface area contributed by atoms with Gasteiger partial charge in [-0.05, 0) is 41.5 Å². The molecule has 0 fully saturated rings. The molecule has 2 heteroatoms. The summed E-state index contributed by atoms with van der Waals surface area (Å²) in [5, 5.41) is 6.20. The van der Waals surface area contributed by atoms with E-state index in [4.69, 9.17) is 0 Å². The Morgan fingerprint density at radius 2 is 1.75 bits per heavy atom. The van der Waals surface area contributed by atoms with E-state index in [1.807, 2.05) is 0 Å². The third-order valence-corrected chi connectivity index (χ3v) is 5.07. The highest BCUT2D eigenvalue weighted by molar-refractivity contribution is 7.99. The molecule has 0 spiro atoms. The molecule has 2 rings (SSSR count). The van der Waals surface area contributed by atoms with Crippen LogP contribution in [0.5, 0.6) is 0 Å². The number of likely N-dealkylation sites (N-methyl/N-ethyl adjacent to an activating group) is 1. The fraction of sp³-hybridized carbons (Fsp3) is 0.444. The summed E-state index contributed by atoms with van der Waals surface area (Å²) in [4.78, 5) is 0. The van der Waals surface area contributed by atoms with E-state index in [9.17, 15) is 0 Å². The summed E-state index contributed by atoms with van der Waals surface area (Å²) in [5.74, 6) is 3.20. The maximum atomic E-state index is 3.47. The van der Waals surface area contributed by atoms with Crippen LogP contribution in [0.3, 0.4) is 0 Å². The molecule has 0 saturated carbocycles. The molecule has 0 aromatic heterocycles. The zero-order chi connectivity index (χ0) is 14.4. The van der Waals surface area contributed by atoms with Crippen molar-refractivity contribution in [1.82, 2.24) is 5.32 Å². The Labute approximate surface area is 127 Å². The second-order valence-electron chi connectivity index (χ2n) is 5.76. The van der Waals surface area contributed by atoms with Crippen molar-refractivity contribution in [2.24, 2.45) is 5.92 Å². The zero-order valence-corrected chi connectivity index (χ0v) is 13.5. The first kappa shape index (κ1) is 15.4. The maximum absolute atomic E-state index is 3.47. The Balaban J connectivity index is 2.05. The van der Waals surface area contributed by atoms with E-state index in [1.165, 1.54) is 27.8 Å². The minimum Gasteiger partial charge on any atom is -0.316 e. The third kappa shape index (κ3) is 4.26. The Kier molecular flexibility index (Phi) is 5.93. The minimum absolute atomic E-state index is 0.546. The summed E-state index contributed by atoms with van der Waals surface area (Å²) in [6, 6.07) is 15.9. The molecule has 0 heterocycles. The molecule has 1 N–H and O–H groups in total. The number of hydrogen-bond acceptors (Lipinski definition) is 2. The number of rotatable bonds is 7. The fourth-order valence-electron chi connectivity index (χ4n) is 2.43. The van der Waals surface area contributed by atoms with Crippen LogP contribution in [0.2, 0.25) is 0 Å². The Bertz CT molecular complexity index is 530. The summed E-state index contributed by atoms with van der Waals surface area (Å²) in [6.45, 7) is 4.57. The Morgan fingerprint density at radius 3 is 2.50 bits per heavy atom. The number of nitrogens with one attached hydrogen (secondary N) is 1. The van der Waals surface area contributed by atoms with E-state index in [0.29, 0.717) is 6.04 Å². The van der Waals surface area contributed by atoms with Gasteiger partial charge in [-0.25, -0.2) is 0 Å². The second-order valence-corrected chi connectivity index (χ2v) is 6.83. The molecule has 2 aromatic carbocycles. The van der Waals surface area contributed by atoms with E-state index < -0.39 is 0 Å². The molecule has 1 nitrogen and oxygen atoms in total. The van der Waals surface area contributed by atoms with Gasteiger partial charge in [0.25, 0.3) is 0 Å². The summed E-state index contributed by atoms with van der Waals surface area (Å²) >= 11 is 2.06. The van der Waals surface area contributed by atoms with Crippen molar-refractivity contribution in [2.45, 2.75) is 26.3 Å². The van der Waals surface area contributed by atoms with Gasteiger partial charge in [-0.1, -0.05) is 56.3 Å². The van der Waals surface area contributed by atoms with E-state index >= 15 is 0 Å². The van der Waals surface area contributed by atoms with Crippen molar-refractivity contribution in [1.29, 1.82) is 0 Å². The van der Waals surface area contributed by atoms with Crippen molar-refractivity contribution in [3.63, 3.8) is 0 Å². The summed E-state index contributed by atoms with van der Waals surface area (Å²) < 4.78 is 0. The highest BCUT2D eigenvalue weighted by Crippen LogP contribution is 2.21. The van der Waals surface area contributed by atoms with Crippen LogP contribution >= 0.6 is 11.8 Å². The van der Waals surface area contributed by atoms with Gasteiger partial charge in [0, 0.05) is 11.8 Å². The Hall–Kier alpha value is -0.990. The van der Waals surface area contributed by atoms with Crippen LogP contribution in [0.15, 0.2) is 42.5 Å². The average molecular weight is 287 g/mol. The summed E-state index contributed by atoms with van der Waals surface area (Å²) in [5.41, 5.74) is 1.45. The monoisotopic (exact) mass is 287 g/mol. The molecular weight excluding hydrogens is 262 g/mol. The van der Waals surface area contributed by atoms with E-state index in [1.54, 1.807) is 0 Å². The summed E-state index contributed by atoms with van der Waals surface area (Å²) in [7, 11) is 2.08. The molecule has 0 amide bonds. The highest BCUT2D eigenvalue weighted by atomic mass is 32.2. The standard InChI is InChI=1S/C18H25NS/c1-14(2)12-20-13-17(19-3)11-16-9-6-8-15-7-4-5-10-18(15)16/h4-10,14,17,19H,11-13H2,1-3H3. The molecule has 1 atom stereocenters. The quantitative estimate of drug-likeness (QED) is 0.812. The van der Waals surface area contributed by atoms with Gasteiger partial charge >= 0.3 is 0 Å². The number of hydrogen-bond donors (Lipinski definition) is 1. The van der Waals surface area contributed by atoms with Crippen molar-refractivity contribution in [3.05, 3.63) is 48.0 Å². The lowest BCUT2D eigenvalue weighted by atomic mass is 9.99. The molecule has 0 saturated heterocycles. The van der Waals surface area contributed by atoms with Crippen LogP contribution in [-0.2, 0) is 6.42 Å². The van der Waals surface area contributed by atoms with Gasteiger partial charge in [-0.2, -0.15) is 11.8 Å². The molecule has 20 heavy (non-hydrogen) atoms. The molecule has 108 valence electrons. The molecule has 0 aliphatic rings. The SMILES string of the molecule is CNC(CSCC(C)C)Cc1cccc2ccccc12. The van der Waals surface area contributed by atoms with Crippen LogP contribution in [0, 0.1) is 5.92 Å². The lowest BCUT2D eigenvalue weighted by molar-refractivity contribution is 0.618. The van der Waals surface area contributed by atoms with E-state index in [-0.39, 0.29) is 0 Å². The van der Waals surface area contributed by atoms with Gasteiger partial charge in [-0.3, -0.25) is 0 Å². The second kappa shape index (κ2) is 7.70.